The lowest BCUT2D eigenvalue weighted by molar-refractivity contribution is 0.0958. The largest absolute Gasteiger partial charge is 0.490 e. The third kappa shape index (κ3) is 4.74. The molecule has 0 bridgehead atoms. The number of ether oxygens (including phenoxy) is 2. The standard InChI is InChI=1S/C19H25NO3S/c1-5-22-16-8-7-15(12-17(16)23-6-2)9-10-20-19(21)18-11-13(3)14(4)24-18/h7-8,11-12H,5-6,9-10H2,1-4H3,(H,20,21). The number of aryl methyl sites for hydroxylation is 2. The first-order chi connectivity index (χ1) is 11.5. The molecule has 1 N–H and O–H groups in total. The van der Waals surface area contributed by atoms with Gasteiger partial charge in [0.1, 0.15) is 0 Å². The molecule has 130 valence electrons. The lowest BCUT2D eigenvalue weighted by Crippen LogP contribution is -2.24. The number of nitrogens with one attached hydrogen (secondary N) is 1. The summed E-state index contributed by atoms with van der Waals surface area (Å²) >= 11 is 1.54. The minimum Gasteiger partial charge on any atom is -0.490 e. The van der Waals surface area contributed by atoms with Crippen molar-refractivity contribution >= 4 is 17.2 Å². The molecule has 2 rings (SSSR count). The van der Waals surface area contributed by atoms with Crippen LogP contribution in [0.3, 0.4) is 0 Å². The van der Waals surface area contributed by atoms with Gasteiger partial charge in [-0.3, -0.25) is 4.79 Å². The molecule has 24 heavy (non-hydrogen) atoms. The summed E-state index contributed by atoms with van der Waals surface area (Å²) in [5.41, 5.74) is 2.28. The molecule has 4 nitrogen and oxygen atoms in total. The lowest BCUT2D eigenvalue weighted by Gasteiger charge is -2.12. The van der Waals surface area contributed by atoms with Crippen LogP contribution in [-0.4, -0.2) is 25.7 Å². The minimum atomic E-state index is -0.00725. The average Bonchev–Trinajstić information content (AvgIpc) is 2.89. The van der Waals surface area contributed by atoms with Gasteiger partial charge in [-0.1, -0.05) is 6.07 Å². The quantitative estimate of drug-likeness (QED) is 0.781. The molecule has 0 unspecified atom stereocenters. The van der Waals surface area contributed by atoms with Crippen molar-refractivity contribution in [2.24, 2.45) is 0 Å². The predicted molar refractivity (Wildman–Crippen MR) is 98.6 cm³/mol. The second-order valence-electron chi connectivity index (χ2n) is 5.50. The molecule has 1 aromatic carbocycles. The molecule has 2 aromatic rings. The molecule has 0 fully saturated rings. The van der Waals surface area contributed by atoms with Crippen LogP contribution in [0.2, 0.25) is 0 Å². The van der Waals surface area contributed by atoms with Gasteiger partial charge >= 0.3 is 0 Å². The van der Waals surface area contributed by atoms with Gasteiger partial charge in [0.2, 0.25) is 0 Å². The third-order valence-electron chi connectivity index (χ3n) is 3.70. The van der Waals surface area contributed by atoms with Gasteiger partial charge in [-0.2, -0.15) is 0 Å². The van der Waals surface area contributed by atoms with Crippen LogP contribution in [0.1, 0.15) is 39.5 Å². The topological polar surface area (TPSA) is 47.6 Å². The fraction of sp³-hybridized carbons (Fsp3) is 0.421. The molecule has 1 aromatic heterocycles. The van der Waals surface area contributed by atoms with E-state index in [0.29, 0.717) is 19.8 Å². The first-order valence-corrected chi connectivity index (χ1v) is 9.10. The zero-order valence-corrected chi connectivity index (χ0v) is 15.6. The minimum absolute atomic E-state index is 0.00725. The van der Waals surface area contributed by atoms with E-state index >= 15 is 0 Å². The summed E-state index contributed by atoms with van der Waals surface area (Å²) in [6.45, 7) is 9.76. The highest BCUT2D eigenvalue weighted by molar-refractivity contribution is 7.14. The molecular formula is C19H25NO3S. The van der Waals surface area contributed by atoms with Crippen LogP contribution in [0.5, 0.6) is 11.5 Å². The second-order valence-corrected chi connectivity index (χ2v) is 6.76. The van der Waals surface area contributed by atoms with Gasteiger partial charge in [0.15, 0.2) is 11.5 Å². The van der Waals surface area contributed by atoms with Gasteiger partial charge < -0.3 is 14.8 Å². The Morgan fingerprint density at radius 2 is 1.79 bits per heavy atom. The predicted octanol–water partition coefficient (Wildman–Crippen LogP) is 4.13. The zero-order chi connectivity index (χ0) is 17.5. The third-order valence-corrected chi connectivity index (χ3v) is 4.85. The zero-order valence-electron chi connectivity index (χ0n) is 14.8. The van der Waals surface area contributed by atoms with Crippen molar-refractivity contribution in [2.75, 3.05) is 19.8 Å². The fourth-order valence-corrected chi connectivity index (χ4v) is 3.29. The van der Waals surface area contributed by atoms with Crippen molar-refractivity contribution in [1.29, 1.82) is 0 Å². The van der Waals surface area contributed by atoms with Crippen molar-refractivity contribution in [3.05, 3.63) is 45.1 Å². The van der Waals surface area contributed by atoms with E-state index in [4.69, 9.17) is 9.47 Å². The molecule has 0 saturated carbocycles. The second kappa shape index (κ2) is 8.73. The Hall–Kier alpha value is -2.01. The van der Waals surface area contributed by atoms with Crippen LogP contribution in [0.25, 0.3) is 0 Å². The Labute approximate surface area is 147 Å². The SMILES string of the molecule is CCOc1ccc(CCNC(=O)c2cc(C)c(C)s2)cc1OCC. The summed E-state index contributed by atoms with van der Waals surface area (Å²) in [6.07, 6.45) is 0.752. The van der Waals surface area contributed by atoms with E-state index < -0.39 is 0 Å². The van der Waals surface area contributed by atoms with Crippen LogP contribution in [-0.2, 0) is 6.42 Å². The van der Waals surface area contributed by atoms with E-state index in [9.17, 15) is 4.79 Å². The van der Waals surface area contributed by atoms with Crippen LogP contribution >= 0.6 is 11.3 Å². The molecular weight excluding hydrogens is 322 g/mol. The summed E-state index contributed by atoms with van der Waals surface area (Å²) in [5, 5.41) is 2.98. The van der Waals surface area contributed by atoms with Crippen molar-refractivity contribution in [2.45, 2.75) is 34.1 Å². The van der Waals surface area contributed by atoms with Crippen molar-refractivity contribution in [1.82, 2.24) is 5.32 Å². The Kier molecular flexibility index (Phi) is 6.67. The van der Waals surface area contributed by atoms with Crippen LogP contribution in [0.15, 0.2) is 24.3 Å². The molecule has 0 spiro atoms. The normalized spacial score (nSPS) is 10.5. The summed E-state index contributed by atoms with van der Waals surface area (Å²) in [4.78, 5) is 14.1. The molecule has 0 radical (unpaired) electrons. The van der Waals surface area contributed by atoms with E-state index in [1.165, 1.54) is 16.2 Å². The molecule has 0 aliphatic heterocycles. The first-order valence-electron chi connectivity index (χ1n) is 8.28. The van der Waals surface area contributed by atoms with Crippen molar-refractivity contribution < 1.29 is 14.3 Å². The number of hydrogen-bond donors (Lipinski definition) is 1. The lowest BCUT2D eigenvalue weighted by atomic mass is 10.1. The first kappa shape index (κ1) is 18.3. The summed E-state index contributed by atoms with van der Waals surface area (Å²) in [7, 11) is 0. The van der Waals surface area contributed by atoms with E-state index in [-0.39, 0.29) is 5.91 Å². The van der Waals surface area contributed by atoms with Crippen LogP contribution < -0.4 is 14.8 Å². The van der Waals surface area contributed by atoms with Gasteiger partial charge in [0.05, 0.1) is 18.1 Å². The van der Waals surface area contributed by atoms with Gasteiger partial charge in [0, 0.05) is 11.4 Å². The maximum atomic E-state index is 12.2. The van der Waals surface area contributed by atoms with Crippen LogP contribution in [0, 0.1) is 13.8 Å². The number of benzene rings is 1. The smallest absolute Gasteiger partial charge is 0.261 e. The van der Waals surface area contributed by atoms with E-state index in [1.54, 1.807) is 0 Å². The molecule has 5 heteroatoms. The van der Waals surface area contributed by atoms with Crippen molar-refractivity contribution in [3.63, 3.8) is 0 Å². The monoisotopic (exact) mass is 347 g/mol. The molecule has 0 aliphatic rings. The average molecular weight is 347 g/mol. The number of carbonyl (C=O) groups excluding carboxylic acids is 1. The van der Waals surface area contributed by atoms with E-state index in [2.05, 4.69) is 5.32 Å². The summed E-state index contributed by atoms with van der Waals surface area (Å²) in [5.74, 6) is 1.51. The van der Waals surface area contributed by atoms with Crippen LogP contribution in [0.4, 0.5) is 0 Å². The number of carbonyl (C=O) groups is 1. The van der Waals surface area contributed by atoms with E-state index in [0.717, 1.165) is 33.9 Å². The Morgan fingerprint density at radius 1 is 1.08 bits per heavy atom. The Balaban J connectivity index is 1.93. The van der Waals surface area contributed by atoms with E-state index in [1.807, 2.05) is 52.0 Å². The number of hydrogen-bond acceptors (Lipinski definition) is 4. The van der Waals surface area contributed by atoms with Gasteiger partial charge in [0.25, 0.3) is 5.91 Å². The highest BCUT2D eigenvalue weighted by Crippen LogP contribution is 2.28. The molecule has 1 heterocycles. The van der Waals surface area contributed by atoms with Gasteiger partial charge in [-0.15, -0.1) is 11.3 Å². The molecule has 0 saturated heterocycles. The molecule has 0 atom stereocenters. The number of rotatable bonds is 8. The Morgan fingerprint density at radius 3 is 2.42 bits per heavy atom. The maximum Gasteiger partial charge on any atom is 0.261 e. The summed E-state index contributed by atoms with van der Waals surface area (Å²) < 4.78 is 11.2. The maximum absolute atomic E-state index is 12.2. The van der Waals surface area contributed by atoms with Crippen molar-refractivity contribution in [3.8, 4) is 11.5 Å². The molecule has 0 aliphatic carbocycles. The molecule has 1 amide bonds. The number of thiophene rings is 1. The summed E-state index contributed by atoms with van der Waals surface area (Å²) in [6, 6.07) is 7.87. The highest BCUT2D eigenvalue weighted by atomic mass is 32.1. The number of amides is 1. The van der Waals surface area contributed by atoms with Gasteiger partial charge in [-0.25, -0.2) is 0 Å². The van der Waals surface area contributed by atoms with Gasteiger partial charge in [-0.05, 0) is 63.4 Å². The fourth-order valence-electron chi connectivity index (χ4n) is 2.34. The Bertz CT molecular complexity index is 674. The highest BCUT2D eigenvalue weighted by Gasteiger charge is 2.10.